The predicted octanol–water partition coefficient (Wildman–Crippen LogP) is 2.93. The molecule has 0 aliphatic rings. The minimum Gasteiger partial charge on any atom is -0.374 e. The Morgan fingerprint density at radius 1 is 1.15 bits per heavy atom. The molecule has 0 aliphatic carbocycles. The maximum Gasteiger partial charge on any atom is 0.126 e. The third kappa shape index (κ3) is 3.98. The molecular formula is C15H24F2N2O. The lowest BCUT2D eigenvalue weighted by Gasteiger charge is -2.39. The average molecular weight is 286 g/mol. The molecule has 0 bridgehead atoms. The van der Waals surface area contributed by atoms with Crippen molar-refractivity contribution < 1.29 is 13.5 Å². The first-order chi connectivity index (χ1) is 9.51. The summed E-state index contributed by atoms with van der Waals surface area (Å²) < 4.78 is 32.4. The molecule has 0 fully saturated rings. The third-order valence-corrected chi connectivity index (χ3v) is 3.83. The fourth-order valence-corrected chi connectivity index (χ4v) is 2.70. The van der Waals surface area contributed by atoms with E-state index in [0.29, 0.717) is 18.6 Å². The highest BCUT2D eigenvalue weighted by molar-refractivity contribution is 5.20. The fourth-order valence-electron chi connectivity index (χ4n) is 2.70. The SMILES string of the molecule is CCOC(CC)(CC)C(Cc1cc(F)cc(F)c1)NN. The van der Waals surface area contributed by atoms with Gasteiger partial charge in [-0.3, -0.25) is 11.3 Å². The smallest absolute Gasteiger partial charge is 0.126 e. The number of benzene rings is 1. The maximum absolute atomic E-state index is 13.3. The second-order valence-electron chi connectivity index (χ2n) is 4.91. The van der Waals surface area contributed by atoms with E-state index in [-0.39, 0.29) is 6.04 Å². The Kier molecular flexibility index (Phi) is 6.52. The number of hydrogen-bond acceptors (Lipinski definition) is 3. The highest BCUT2D eigenvalue weighted by atomic mass is 19.1. The van der Waals surface area contributed by atoms with Crippen LogP contribution in [0.2, 0.25) is 0 Å². The van der Waals surface area contributed by atoms with Crippen LogP contribution in [-0.2, 0) is 11.2 Å². The molecule has 0 aliphatic heterocycles. The first-order valence-electron chi connectivity index (χ1n) is 7.06. The van der Waals surface area contributed by atoms with Crippen molar-refractivity contribution in [3.05, 3.63) is 35.4 Å². The van der Waals surface area contributed by atoms with E-state index in [1.807, 2.05) is 20.8 Å². The number of halogens is 2. The van der Waals surface area contributed by atoms with Crippen LogP contribution in [0.3, 0.4) is 0 Å². The summed E-state index contributed by atoms with van der Waals surface area (Å²) in [5.74, 6) is 4.49. The zero-order chi connectivity index (χ0) is 15.2. The van der Waals surface area contributed by atoms with Crippen LogP contribution in [-0.4, -0.2) is 18.2 Å². The van der Waals surface area contributed by atoms with Crippen molar-refractivity contribution in [1.29, 1.82) is 0 Å². The number of nitrogens with one attached hydrogen (secondary N) is 1. The summed E-state index contributed by atoms with van der Waals surface area (Å²) in [6.45, 7) is 6.54. The maximum atomic E-state index is 13.3. The molecule has 1 aromatic carbocycles. The Hall–Kier alpha value is -1.04. The van der Waals surface area contributed by atoms with E-state index >= 15 is 0 Å². The van der Waals surface area contributed by atoms with E-state index in [0.717, 1.165) is 18.9 Å². The summed E-state index contributed by atoms with van der Waals surface area (Å²) in [4.78, 5) is 0. The van der Waals surface area contributed by atoms with Gasteiger partial charge in [-0.25, -0.2) is 8.78 Å². The molecule has 1 unspecified atom stereocenters. The van der Waals surface area contributed by atoms with Gasteiger partial charge in [0.25, 0.3) is 0 Å². The highest BCUT2D eigenvalue weighted by Gasteiger charge is 2.36. The number of rotatable bonds is 8. The largest absolute Gasteiger partial charge is 0.374 e. The lowest BCUT2D eigenvalue weighted by molar-refractivity contribution is -0.0719. The van der Waals surface area contributed by atoms with E-state index in [4.69, 9.17) is 10.6 Å². The van der Waals surface area contributed by atoms with Gasteiger partial charge in [-0.05, 0) is 43.9 Å². The van der Waals surface area contributed by atoms with Crippen molar-refractivity contribution in [2.75, 3.05) is 6.61 Å². The average Bonchev–Trinajstić information content (AvgIpc) is 2.41. The van der Waals surface area contributed by atoms with Gasteiger partial charge in [-0.15, -0.1) is 0 Å². The number of hydrazine groups is 1. The Balaban J connectivity index is 2.99. The third-order valence-electron chi connectivity index (χ3n) is 3.83. The van der Waals surface area contributed by atoms with Crippen LogP contribution in [0.15, 0.2) is 18.2 Å². The molecule has 1 aromatic rings. The summed E-state index contributed by atoms with van der Waals surface area (Å²) in [5, 5.41) is 0. The predicted molar refractivity (Wildman–Crippen MR) is 76.1 cm³/mol. The van der Waals surface area contributed by atoms with Gasteiger partial charge in [0.05, 0.1) is 11.6 Å². The van der Waals surface area contributed by atoms with Crippen molar-refractivity contribution in [2.24, 2.45) is 5.84 Å². The van der Waals surface area contributed by atoms with Gasteiger partial charge in [-0.2, -0.15) is 0 Å². The standard InChI is InChI=1S/C15H24F2N2O/c1-4-15(5-2,20-6-3)14(19-18)9-11-7-12(16)10-13(17)8-11/h7-8,10,14,19H,4-6,9,18H2,1-3H3. The molecule has 0 aromatic heterocycles. The molecule has 20 heavy (non-hydrogen) atoms. The molecule has 5 heteroatoms. The molecule has 0 heterocycles. The summed E-state index contributed by atoms with van der Waals surface area (Å²) in [6.07, 6.45) is 1.95. The van der Waals surface area contributed by atoms with Crippen molar-refractivity contribution >= 4 is 0 Å². The molecule has 3 nitrogen and oxygen atoms in total. The van der Waals surface area contributed by atoms with E-state index < -0.39 is 17.2 Å². The minimum atomic E-state index is -0.578. The van der Waals surface area contributed by atoms with E-state index in [1.165, 1.54) is 12.1 Å². The Morgan fingerprint density at radius 2 is 1.70 bits per heavy atom. The van der Waals surface area contributed by atoms with Crippen molar-refractivity contribution in [2.45, 2.75) is 51.7 Å². The molecule has 0 saturated heterocycles. The molecular weight excluding hydrogens is 262 g/mol. The Bertz CT molecular complexity index is 402. The van der Waals surface area contributed by atoms with Gasteiger partial charge in [-0.1, -0.05) is 13.8 Å². The Morgan fingerprint density at radius 3 is 2.10 bits per heavy atom. The summed E-state index contributed by atoms with van der Waals surface area (Å²) >= 11 is 0. The highest BCUT2D eigenvalue weighted by Crippen LogP contribution is 2.27. The summed E-state index contributed by atoms with van der Waals surface area (Å²) in [6, 6.07) is 3.31. The molecule has 0 amide bonds. The van der Waals surface area contributed by atoms with E-state index in [9.17, 15) is 8.78 Å². The van der Waals surface area contributed by atoms with E-state index in [1.54, 1.807) is 0 Å². The van der Waals surface area contributed by atoms with E-state index in [2.05, 4.69) is 5.43 Å². The van der Waals surface area contributed by atoms with Crippen molar-refractivity contribution in [1.82, 2.24) is 5.43 Å². The fraction of sp³-hybridized carbons (Fsp3) is 0.600. The molecule has 0 saturated carbocycles. The zero-order valence-corrected chi connectivity index (χ0v) is 12.4. The van der Waals surface area contributed by atoms with Gasteiger partial charge in [0.2, 0.25) is 0 Å². The van der Waals surface area contributed by atoms with Crippen LogP contribution < -0.4 is 11.3 Å². The first-order valence-corrected chi connectivity index (χ1v) is 7.06. The van der Waals surface area contributed by atoms with Crippen molar-refractivity contribution in [3.8, 4) is 0 Å². The molecule has 3 N–H and O–H groups in total. The topological polar surface area (TPSA) is 47.3 Å². The van der Waals surface area contributed by atoms with Gasteiger partial charge < -0.3 is 4.74 Å². The first kappa shape index (κ1) is 17.0. The Labute approximate surface area is 119 Å². The van der Waals surface area contributed by atoms with Gasteiger partial charge in [0.15, 0.2) is 0 Å². The van der Waals surface area contributed by atoms with Gasteiger partial charge >= 0.3 is 0 Å². The summed E-state index contributed by atoms with van der Waals surface area (Å²) in [7, 11) is 0. The normalized spacial score (nSPS) is 13.5. The molecule has 0 spiro atoms. The monoisotopic (exact) mass is 286 g/mol. The quantitative estimate of drug-likeness (QED) is 0.570. The number of nitrogens with two attached hydrogens (primary N) is 1. The van der Waals surface area contributed by atoms with Crippen LogP contribution in [0.1, 0.15) is 39.2 Å². The van der Waals surface area contributed by atoms with Gasteiger partial charge in [0.1, 0.15) is 11.6 Å². The summed E-state index contributed by atoms with van der Waals surface area (Å²) in [5.41, 5.74) is 2.88. The number of ether oxygens (including phenoxy) is 1. The van der Waals surface area contributed by atoms with Crippen LogP contribution in [0.5, 0.6) is 0 Å². The second-order valence-corrected chi connectivity index (χ2v) is 4.91. The van der Waals surface area contributed by atoms with Crippen LogP contribution in [0.25, 0.3) is 0 Å². The lowest BCUT2D eigenvalue weighted by Crippen LogP contribution is -2.55. The van der Waals surface area contributed by atoms with Crippen LogP contribution in [0, 0.1) is 11.6 Å². The minimum absolute atomic E-state index is 0.210. The molecule has 1 rings (SSSR count). The zero-order valence-electron chi connectivity index (χ0n) is 12.4. The van der Waals surface area contributed by atoms with Crippen molar-refractivity contribution in [3.63, 3.8) is 0 Å². The van der Waals surface area contributed by atoms with Crippen LogP contribution >= 0.6 is 0 Å². The van der Waals surface area contributed by atoms with Crippen LogP contribution in [0.4, 0.5) is 8.78 Å². The van der Waals surface area contributed by atoms with Gasteiger partial charge in [0, 0.05) is 12.7 Å². The lowest BCUT2D eigenvalue weighted by atomic mass is 9.84. The second kappa shape index (κ2) is 7.67. The molecule has 114 valence electrons. The molecule has 1 atom stereocenters. The number of hydrogen-bond donors (Lipinski definition) is 2. The molecule has 0 radical (unpaired) electrons.